The Morgan fingerprint density at radius 3 is 0.764 bits per heavy atom. The van der Waals surface area contributed by atoms with Crippen LogP contribution >= 0.6 is 0 Å². The Hall–Kier alpha value is -1.40. The van der Waals surface area contributed by atoms with Crippen LogP contribution in [0, 0.1) is 0 Å². The first-order valence-corrected chi connectivity index (χ1v) is 41.5. The van der Waals surface area contributed by atoms with Gasteiger partial charge in [0.15, 0.2) is 0 Å². The van der Waals surface area contributed by atoms with E-state index in [9.17, 15) is 19.8 Å². The molecule has 0 spiro atoms. The van der Waals surface area contributed by atoms with Crippen molar-refractivity contribution in [1.82, 2.24) is 5.32 Å². The molecular weight excluding hydrogens is 1090 g/mol. The van der Waals surface area contributed by atoms with Gasteiger partial charge in [-0.1, -0.05) is 450 Å². The lowest BCUT2D eigenvalue weighted by Gasteiger charge is -2.20. The third-order valence-corrected chi connectivity index (χ3v) is 19.8. The molecule has 3 N–H and O–H groups in total. The van der Waals surface area contributed by atoms with E-state index in [4.69, 9.17) is 4.74 Å². The molecule has 530 valence electrons. The third kappa shape index (κ3) is 75.5. The number of ether oxygens (including phenoxy) is 1. The second-order valence-corrected chi connectivity index (χ2v) is 28.8. The Kier molecular flexibility index (Phi) is 77.8. The SMILES string of the molecule is CCCCCCCCCCCCCCCCCC/C=C/C(O)C(CO)NC(=O)CCCCCCCCCCCCCCCCCCCCCCCCCCCCCCCCCCCCCCCCCOC(=O)CCCCCCCCCCCCCCCCC. The highest BCUT2D eigenvalue weighted by Gasteiger charge is 2.18. The number of carbonyl (C=O) groups is 2. The number of aliphatic hydroxyl groups excluding tert-OH is 2. The monoisotopic (exact) mass is 1250 g/mol. The molecule has 6 nitrogen and oxygen atoms in total. The zero-order chi connectivity index (χ0) is 64.2. The first-order chi connectivity index (χ1) is 44.0. The fourth-order valence-electron chi connectivity index (χ4n) is 13.5. The zero-order valence-electron chi connectivity index (χ0n) is 61.0. The minimum absolute atomic E-state index is 0.0280. The number of hydrogen-bond acceptors (Lipinski definition) is 5. The molecule has 0 saturated carbocycles. The number of esters is 1. The second-order valence-electron chi connectivity index (χ2n) is 28.8. The van der Waals surface area contributed by atoms with E-state index in [1.54, 1.807) is 6.08 Å². The Morgan fingerprint density at radius 1 is 0.303 bits per heavy atom. The average molecular weight is 1260 g/mol. The normalized spacial score (nSPS) is 12.4. The largest absolute Gasteiger partial charge is 0.466 e. The van der Waals surface area contributed by atoms with Crippen molar-refractivity contribution in [3.63, 3.8) is 0 Å². The predicted molar refractivity (Wildman–Crippen MR) is 394 cm³/mol. The molecular formula is C83H163NO5. The molecule has 89 heavy (non-hydrogen) atoms. The predicted octanol–water partition coefficient (Wildman–Crippen LogP) is 27.4. The highest BCUT2D eigenvalue weighted by molar-refractivity contribution is 5.76. The lowest BCUT2D eigenvalue weighted by atomic mass is 10.0. The van der Waals surface area contributed by atoms with E-state index in [2.05, 4.69) is 19.2 Å². The number of nitrogens with one attached hydrogen (secondary N) is 1. The number of rotatable bonds is 79. The summed E-state index contributed by atoms with van der Waals surface area (Å²) in [6, 6.07) is -0.623. The quantitative estimate of drug-likeness (QED) is 0.0320. The number of allylic oxidation sites excluding steroid dienone is 1. The van der Waals surface area contributed by atoms with E-state index in [1.165, 1.54) is 417 Å². The first kappa shape index (κ1) is 87.6. The van der Waals surface area contributed by atoms with Crippen molar-refractivity contribution < 1.29 is 24.5 Å². The van der Waals surface area contributed by atoms with E-state index >= 15 is 0 Å². The van der Waals surface area contributed by atoms with Crippen LogP contribution in [0.1, 0.15) is 483 Å². The molecule has 0 aromatic carbocycles. The van der Waals surface area contributed by atoms with Crippen LogP contribution in [0.2, 0.25) is 0 Å². The van der Waals surface area contributed by atoms with Crippen LogP contribution in [0.4, 0.5) is 0 Å². The third-order valence-electron chi connectivity index (χ3n) is 19.8. The summed E-state index contributed by atoms with van der Waals surface area (Å²) in [6.07, 6.45) is 101. The number of aliphatic hydroxyl groups is 2. The van der Waals surface area contributed by atoms with Crippen LogP contribution in [0.15, 0.2) is 12.2 Å². The van der Waals surface area contributed by atoms with E-state index in [1.807, 2.05) is 6.08 Å². The van der Waals surface area contributed by atoms with Crippen LogP contribution < -0.4 is 5.32 Å². The molecule has 0 aromatic heterocycles. The van der Waals surface area contributed by atoms with Crippen molar-refractivity contribution in [2.45, 2.75) is 495 Å². The Bertz CT molecular complexity index is 1350. The highest BCUT2D eigenvalue weighted by Crippen LogP contribution is 2.21. The summed E-state index contributed by atoms with van der Waals surface area (Å²) >= 11 is 0. The number of unbranched alkanes of at least 4 members (excludes halogenated alkanes) is 68. The molecule has 0 bridgehead atoms. The van der Waals surface area contributed by atoms with Crippen molar-refractivity contribution >= 4 is 11.9 Å². The number of amides is 1. The summed E-state index contributed by atoms with van der Waals surface area (Å²) in [5, 5.41) is 23.3. The Balaban J connectivity index is 3.30. The minimum Gasteiger partial charge on any atom is -0.466 e. The summed E-state index contributed by atoms with van der Waals surface area (Å²) in [5.41, 5.74) is 0. The zero-order valence-corrected chi connectivity index (χ0v) is 61.0. The molecule has 0 aromatic rings. The van der Waals surface area contributed by atoms with Gasteiger partial charge in [0.05, 0.1) is 25.4 Å². The van der Waals surface area contributed by atoms with E-state index < -0.39 is 12.1 Å². The number of hydrogen-bond donors (Lipinski definition) is 3. The summed E-state index contributed by atoms with van der Waals surface area (Å²) in [7, 11) is 0. The van der Waals surface area contributed by atoms with Gasteiger partial charge in [0, 0.05) is 12.8 Å². The molecule has 2 atom stereocenters. The second kappa shape index (κ2) is 79.0. The van der Waals surface area contributed by atoms with Crippen LogP contribution in [-0.4, -0.2) is 47.4 Å². The molecule has 0 aliphatic carbocycles. The standard InChI is InChI=1S/C83H163NO5/c1-3-5-7-9-11-13-15-17-19-20-44-48-51-55-59-63-67-71-75-81(86)80(79-85)84-82(87)76-72-68-64-60-56-52-49-45-42-40-38-36-34-32-30-28-26-24-22-21-23-25-27-29-31-33-35-37-39-41-43-46-50-54-58-62-66-70-74-78-89-83(88)77-73-69-65-61-57-53-47-18-16-14-12-10-8-6-4-2/h71,75,80-81,85-86H,3-70,72-74,76-79H2,1-2H3,(H,84,87)/b75-71+. The van der Waals surface area contributed by atoms with Gasteiger partial charge < -0.3 is 20.3 Å². The molecule has 1 amide bonds. The van der Waals surface area contributed by atoms with Gasteiger partial charge in [-0.05, 0) is 32.1 Å². The van der Waals surface area contributed by atoms with Crippen molar-refractivity contribution in [3.8, 4) is 0 Å². The van der Waals surface area contributed by atoms with Gasteiger partial charge in [-0.25, -0.2) is 0 Å². The van der Waals surface area contributed by atoms with E-state index in [-0.39, 0.29) is 18.5 Å². The summed E-state index contributed by atoms with van der Waals surface area (Å²) in [6.45, 7) is 4.97. The van der Waals surface area contributed by atoms with Gasteiger partial charge >= 0.3 is 5.97 Å². The van der Waals surface area contributed by atoms with E-state index in [0.717, 1.165) is 38.5 Å². The van der Waals surface area contributed by atoms with Gasteiger partial charge in [-0.15, -0.1) is 0 Å². The summed E-state index contributed by atoms with van der Waals surface area (Å²) < 4.78 is 5.51. The maximum atomic E-state index is 12.5. The molecule has 0 rings (SSSR count). The molecule has 6 heteroatoms. The lowest BCUT2D eigenvalue weighted by molar-refractivity contribution is -0.143. The Morgan fingerprint density at radius 2 is 0.517 bits per heavy atom. The molecule has 0 saturated heterocycles. The maximum absolute atomic E-state index is 12.5. The molecule has 0 aliphatic rings. The fraction of sp³-hybridized carbons (Fsp3) is 0.952. The molecule has 2 unspecified atom stereocenters. The van der Waals surface area contributed by atoms with Crippen LogP contribution in [0.5, 0.6) is 0 Å². The molecule has 0 heterocycles. The first-order valence-electron chi connectivity index (χ1n) is 41.5. The van der Waals surface area contributed by atoms with Gasteiger partial charge in [0.25, 0.3) is 0 Å². The van der Waals surface area contributed by atoms with Crippen LogP contribution in [0.25, 0.3) is 0 Å². The summed E-state index contributed by atoms with van der Waals surface area (Å²) in [4.78, 5) is 24.6. The molecule has 0 aliphatic heterocycles. The highest BCUT2D eigenvalue weighted by atomic mass is 16.5. The van der Waals surface area contributed by atoms with E-state index in [0.29, 0.717) is 19.4 Å². The van der Waals surface area contributed by atoms with Crippen molar-refractivity contribution in [2.24, 2.45) is 0 Å². The summed E-state index contributed by atoms with van der Waals surface area (Å²) in [5.74, 6) is -0.0292. The van der Waals surface area contributed by atoms with Crippen LogP contribution in [-0.2, 0) is 14.3 Å². The van der Waals surface area contributed by atoms with Crippen LogP contribution in [0.3, 0.4) is 0 Å². The van der Waals surface area contributed by atoms with Gasteiger partial charge in [-0.2, -0.15) is 0 Å². The average Bonchev–Trinajstić information content (AvgIpc) is 3.57. The van der Waals surface area contributed by atoms with Gasteiger partial charge in [-0.3, -0.25) is 9.59 Å². The smallest absolute Gasteiger partial charge is 0.305 e. The number of carbonyl (C=O) groups excluding carboxylic acids is 2. The molecule has 0 radical (unpaired) electrons. The topological polar surface area (TPSA) is 95.9 Å². The van der Waals surface area contributed by atoms with Crippen molar-refractivity contribution in [3.05, 3.63) is 12.2 Å². The van der Waals surface area contributed by atoms with Crippen molar-refractivity contribution in [2.75, 3.05) is 13.2 Å². The fourth-order valence-corrected chi connectivity index (χ4v) is 13.5. The molecule has 0 fully saturated rings. The van der Waals surface area contributed by atoms with Crippen molar-refractivity contribution in [1.29, 1.82) is 0 Å². The van der Waals surface area contributed by atoms with Gasteiger partial charge in [0.2, 0.25) is 5.91 Å². The lowest BCUT2D eigenvalue weighted by Crippen LogP contribution is -2.45. The maximum Gasteiger partial charge on any atom is 0.305 e. The minimum atomic E-state index is -0.840. The Labute approximate surface area is 559 Å². The van der Waals surface area contributed by atoms with Gasteiger partial charge in [0.1, 0.15) is 0 Å².